The Bertz CT molecular complexity index is 835. The monoisotopic (exact) mass is 373 g/mol. The molecular weight excluding hydrogens is 354 g/mol. The average Bonchev–Trinajstić information content (AvgIpc) is 3.13. The normalized spacial score (nSPS) is 17.9. The van der Waals surface area contributed by atoms with Crippen LogP contribution in [0.4, 0.5) is 11.5 Å². The highest BCUT2D eigenvalue weighted by Crippen LogP contribution is 2.30. The third kappa shape index (κ3) is 3.27. The number of nitrogens with one attached hydrogen (secondary N) is 2. The summed E-state index contributed by atoms with van der Waals surface area (Å²) in [5.74, 6) is 0.305. The SMILES string of the molecule is CC1(CNC(=O)c2cnc3c(c2)N(Cc2cscn2)C(=O)CN3)COC1. The summed E-state index contributed by atoms with van der Waals surface area (Å²) in [6.07, 6.45) is 1.53. The maximum atomic E-state index is 12.5. The first-order chi connectivity index (χ1) is 12.5. The van der Waals surface area contributed by atoms with E-state index in [0.717, 1.165) is 5.69 Å². The Morgan fingerprint density at radius 1 is 1.46 bits per heavy atom. The van der Waals surface area contributed by atoms with Gasteiger partial charge in [0.05, 0.1) is 48.8 Å². The molecule has 4 rings (SSSR count). The van der Waals surface area contributed by atoms with Gasteiger partial charge in [-0.2, -0.15) is 0 Å². The molecule has 2 N–H and O–H groups in total. The fourth-order valence-electron chi connectivity index (χ4n) is 2.91. The lowest BCUT2D eigenvalue weighted by atomic mass is 9.89. The lowest BCUT2D eigenvalue weighted by Gasteiger charge is -2.38. The van der Waals surface area contributed by atoms with Gasteiger partial charge in [-0.15, -0.1) is 11.3 Å². The first kappa shape index (κ1) is 16.9. The standard InChI is InChI=1S/C17H19N5O3S/c1-17(8-25-9-17)7-20-16(24)11-2-13-15(18-3-11)19-4-14(23)22(13)5-12-6-26-10-21-12/h2-3,6,10H,4-5,7-9H2,1H3,(H,18,19)(H,20,24). The first-order valence-corrected chi connectivity index (χ1v) is 9.26. The number of hydrogen-bond acceptors (Lipinski definition) is 7. The molecule has 2 aromatic heterocycles. The molecule has 9 heteroatoms. The maximum absolute atomic E-state index is 12.5. The number of carbonyl (C=O) groups excluding carboxylic acids is 2. The molecular formula is C17H19N5O3S. The smallest absolute Gasteiger partial charge is 0.252 e. The third-order valence-corrected chi connectivity index (χ3v) is 5.14. The summed E-state index contributed by atoms with van der Waals surface area (Å²) >= 11 is 1.48. The Morgan fingerprint density at radius 2 is 2.31 bits per heavy atom. The molecule has 26 heavy (non-hydrogen) atoms. The molecule has 0 atom stereocenters. The number of hydrogen-bond donors (Lipinski definition) is 2. The van der Waals surface area contributed by atoms with Crippen LogP contribution in [0, 0.1) is 5.41 Å². The minimum absolute atomic E-state index is 0.00846. The Hall–Kier alpha value is -2.52. The van der Waals surface area contributed by atoms with Crippen LogP contribution in [0.5, 0.6) is 0 Å². The van der Waals surface area contributed by atoms with Gasteiger partial charge >= 0.3 is 0 Å². The molecule has 136 valence electrons. The Kier molecular flexibility index (Phi) is 4.33. The number of thiazole rings is 1. The van der Waals surface area contributed by atoms with Crippen LogP contribution in [0.3, 0.4) is 0 Å². The van der Waals surface area contributed by atoms with Gasteiger partial charge in [0.1, 0.15) is 0 Å². The van der Waals surface area contributed by atoms with E-state index in [1.54, 1.807) is 16.5 Å². The van der Waals surface area contributed by atoms with E-state index >= 15 is 0 Å². The van der Waals surface area contributed by atoms with E-state index in [1.165, 1.54) is 17.5 Å². The second kappa shape index (κ2) is 6.65. The van der Waals surface area contributed by atoms with E-state index in [4.69, 9.17) is 4.74 Å². The van der Waals surface area contributed by atoms with Crippen molar-refractivity contribution in [3.05, 3.63) is 34.4 Å². The van der Waals surface area contributed by atoms with Crippen molar-refractivity contribution in [3.8, 4) is 0 Å². The Morgan fingerprint density at radius 3 is 3.00 bits per heavy atom. The topological polar surface area (TPSA) is 96.5 Å². The highest BCUT2D eigenvalue weighted by molar-refractivity contribution is 7.07. The van der Waals surface area contributed by atoms with Crippen LogP contribution in [0.15, 0.2) is 23.2 Å². The molecule has 2 aromatic rings. The van der Waals surface area contributed by atoms with E-state index in [-0.39, 0.29) is 23.8 Å². The van der Waals surface area contributed by atoms with Gasteiger partial charge in [-0.05, 0) is 6.07 Å². The zero-order valence-corrected chi connectivity index (χ0v) is 15.1. The van der Waals surface area contributed by atoms with Gasteiger partial charge < -0.3 is 20.3 Å². The molecule has 2 aliphatic rings. The number of aromatic nitrogens is 2. The summed E-state index contributed by atoms with van der Waals surface area (Å²) in [4.78, 5) is 35.0. The Balaban J connectivity index is 1.54. The van der Waals surface area contributed by atoms with Gasteiger partial charge in [0.15, 0.2) is 5.82 Å². The highest BCUT2D eigenvalue weighted by Gasteiger charge is 2.34. The number of nitrogens with zero attached hydrogens (tertiary/aromatic N) is 3. The summed E-state index contributed by atoms with van der Waals surface area (Å²) < 4.78 is 5.20. The second-order valence-corrected chi connectivity index (χ2v) is 7.61. The van der Waals surface area contributed by atoms with Gasteiger partial charge in [-0.1, -0.05) is 6.92 Å². The van der Waals surface area contributed by atoms with Crippen LogP contribution in [-0.4, -0.2) is 48.1 Å². The van der Waals surface area contributed by atoms with Crippen LogP contribution in [0.1, 0.15) is 23.0 Å². The van der Waals surface area contributed by atoms with Gasteiger partial charge in [0.25, 0.3) is 5.91 Å². The van der Waals surface area contributed by atoms with Gasteiger partial charge in [0.2, 0.25) is 5.91 Å². The molecule has 2 amide bonds. The fraction of sp³-hybridized carbons (Fsp3) is 0.412. The first-order valence-electron chi connectivity index (χ1n) is 8.31. The highest BCUT2D eigenvalue weighted by atomic mass is 32.1. The molecule has 0 aliphatic carbocycles. The summed E-state index contributed by atoms with van der Waals surface area (Å²) in [5, 5.41) is 7.82. The van der Waals surface area contributed by atoms with Crippen molar-refractivity contribution in [3.63, 3.8) is 0 Å². The Labute approximate surface area is 154 Å². The number of ether oxygens (including phenoxy) is 1. The molecule has 1 saturated heterocycles. The molecule has 0 aromatic carbocycles. The third-order valence-electron chi connectivity index (χ3n) is 4.51. The van der Waals surface area contributed by atoms with Crippen molar-refractivity contribution in [2.75, 3.05) is 36.5 Å². The van der Waals surface area contributed by atoms with Crippen molar-refractivity contribution in [1.82, 2.24) is 15.3 Å². The zero-order valence-electron chi connectivity index (χ0n) is 14.3. The molecule has 2 aliphatic heterocycles. The van der Waals surface area contributed by atoms with Crippen LogP contribution in [0.25, 0.3) is 0 Å². The van der Waals surface area contributed by atoms with E-state index in [0.29, 0.717) is 43.4 Å². The van der Waals surface area contributed by atoms with Gasteiger partial charge in [-0.3, -0.25) is 9.59 Å². The molecule has 0 saturated carbocycles. The lowest BCUT2D eigenvalue weighted by Crippen LogP contribution is -2.48. The lowest BCUT2D eigenvalue weighted by molar-refractivity contribution is -0.117. The van der Waals surface area contributed by atoms with Crippen LogP contribution in [-0.2, 0) is 16.1 Å². The molecule has 0 bridgehead atoms. The summed E-state index contributed by atoms with van der Waals surface area (Å²) in [6, 6.07) is 1.70. The molecule has 0 unspecified atom stereocenters. The van der Waals surface area contributed by atoms with E-state index in [2.05, 4.69) is 27.5 Å². The molecule has 0 spiro atoms. The van der Waals surface area contributed by atoms with Crippen LogP contribution in [0.2, 0.25) is 0 Å². The second-order valence-electron chi connectivity index (χ2n) is 6.89. The number of anilines is 2. The van der Waals surface area contributed by atoms with Crippen molar-refractivity contribution in [1.29, 1.82) is 0 Å². The van der Waals surface area contributed by atoms with Crippen LogP contribution < -0.4 is 15.5 Å². The molecule has 8 nitrogen and oxygen atoms in total. The summed E-state index contributed by atoms with van der Waals surface area (Å²) in [5.41, 5.74) is 3.55. The largest absolute Gasteiger partial charge is 0.380 e. The molecule has 1 fully saturated rings. The van der Waals surface area contributed by atoms with Crippen molar-refractivity contribution < 1.29 is 14.3 Å². The zero-order chi connectivity index (χ0) is 18.1. The van der Waals surface area contributed by atoms with E-state index in [9.17, 15) is 9.59 Å². The minimum atomic E-state index is -0.208. The number of fused-ring (bicyclic) bond motifs is 1. The predicted octanol–water partition coefficient (Wildman–Crippen LogP) is 1.26. The number of pyridine rings is 1. The number of carbonyl (C=O) groups is 2. The number of rotatable bonds is 5. The van der Waals surface area contributed by atoms with Crippen molar-refractivity contribution in [2.24, 2.45) is 5.41 Å². The fourth-order valence-corrected chi connectivity index (χ4v) is 3.46. The molecule has 4 heterocycles. The minimum Gasteiger partial charge on any atom is -0.380 e. The van der Waals surface area contributed by atoms with E-state index < -0.39 is 0 Å². The number of amides is 2. The average molecular weight is 373 g/mol. The summed E-state index contributed by atoms with van der Waals surface area (Å²) in [6.45, 7) is 4.45. The van der Waals surface area contributed by atoms with Crippen LogP contribution >= 0.6 is 11.3 Å². The predicted molar refractivity (Wildman–Crippen MR) is 97.3 cm³/mol. The van der Waals surface area contributed by atoms with E-state index in [1.807, 2.05) is 5.38 Å². The quantitative estimate of drug-likeness (QED) is 0.819. The van der Waals surface area contributed by atoms with Gasteiger partial charge in [0, 0.05) is 23.5 Å². The maximum Gasteiger partial charge on any atom is 0.252 e. The van der Waals surface area contributed by atoms with Gasteiger partial charge in [-0.25, -0.2) is 9.97 Å². The summed E-state index contributed by atoms with van der Waals surface area (Å²) in [7, 11) is 0. The molecule has 0 radical (unpaired) electrons. The van der Waals surface area contributed by atoms with Crippen molar-refractivity contribution >= 4 is 34.7 Å². The van der Waals surface area contributed by atoms with Crippen molar-refractivity contribution in [2.45, 2.75) is 13.5 Å².